The average molecular weight is 257 g/mol. The van der Waals surface area contributed by atoms with Gasteiger partial charge in [0.1, 0.15) is 11.1 Å². The van der Waals surface area contributed by atoms with Crippen molar-refractivity contribution >= 4 is 9.84 Å². The van der Waals surface area contributed by atoms with Gasteiger partial charge < -0.3 is 5.73 Å². The fraction of sp³-hybridized carbons (Fsp3) is 0.636. The second-order valence-electron chi connectivity index (χ2n) is 4.51. The van der Waals surface area contributed by atoms with E-state index in [9.17, 15) is 8.42 Å². The molecule has 0 aliphatic heterocycles. The van der Waals surface area contributed by atoms with Gasteiger partial charge >= 0.3 is 0 Å². The molecular weight excluding hydrogens is 238 g/mol. The van der Waals surface area contributed by atoms with Gasteiger partial charge in [-0.05, 0) is 26.8 Å². The summed E-state index contributed by atoms with van der Waals surface area (Å²) in [6, 6.07) is 1.83. The van der Waals surface area contributed by atoms with Gasteiger partial charge in [-0.1, -0.05) is 0 Å². The molecule has 6 heteroatoms. The SMILES string of the molecule is Cc1cc(CC(C)N)nc(C(C)S(C)(=O)=O)n1. The first kappa shape index (κ1) is 14.1. The second kappa shape index (κ2) is 5.10. The number of rotatable bonds is 4. The molecule has 0 bridgehead atoms. The third-order valence-corrected chi connectivity index (χ3v) is 3.96. The monoisotopic (exact) mass is 257 g/mol. The van der Waals surface area contributed by atoms with E-state index in [1.54, 1.807) is 6.92 Å². The van der Waals surface area contributed by atoms with E-state index in [2.05, 4.69) is 9.97 Å². The summed E-state index contributed by atoms with van der Waals surface area (Å²) in [7, 11) is -3.17. The van der Waals surface area contributed by atoms with Gasteiger partial charge in [0, 0.05) is 30.1 Å². The Labute approximate surface area is 102 Å². The van der Waals surface area contributed by atoms with Crippen molar-refractivity contribution in [1.82, 2.24) is 9.97 Å². The number of hydrogen-bond acceptors (Lipinski definition) is 5. The van der Waals surface area contributed by atoms with Crippen molar-refractivity contribution in [1.29, 1.82) is 0 Å². The largest absolute Gasteiger partial charge is 0.328 e. The first-order valence-electron chi connectivity index (χ1n) is 5.49. The number of nitrogens with two attached hydrogens (primary N) is 1. The van der Waals surface area contributed by atoms with Crippen molar-refractivity contribution in [2.24, 2.45) is 5.73 Å². The van der Waals surface area contributed by atoms with Crippen molar-refractivity contribution in [3.8, 4) is 0 Å². The van der Waals surface area contributed by atoms with E-state index in [-0.39, 0.29) is 6.04 Å². The Morgan fingerprint density at radius 2 is 1.94 bits per heavy atom. The Morgan fingerprint density at radius 3 is 2.41 bits per heavy atom. The summed E-state index contributed by atoms with van der Waals surface area (Å²) in [5.41, 5.74) is 7.26. The minimum absolute atomic E-state index is 0.00862. The number of nitrogens with zero attached hydrogens (tertiary/aromatic N) is 2. The van der Waals surface area contributed by atoms with Gasteiger partial charge in [0.25, 0.3) is 0 Å². The lowest BCUT2D eigenvalue weighted by molar-refractivity contribution is 0.588. The zero-order chi connectivity index (χ0) is 13.2. The maximum Gasteiger partial charge on any atom is 0.157 e. The number of aryl methyl sites for hydroxylation is 1. The molecule has 96 valence electrons. The maximum atomic E-state index is 11.5. The Hall–Kier alpha value is -1.01. The molecule has 0 saturated carbocycles. The summed E-state index contributed by atoms with van der Waals surface area (Å²) in [5.74, 6) is 0.350. The number of aromatic nitrogens is 2. The smallest absolute Gasteiger partial charge is 0.157 e. The van der Waals surface area contributed by atoms with Gasteiger partial charge in [0.2, 0.25) is 0 Å². The number of hydrogen-bond donors (Lipinski definition) is 1. The zero-order valence-electron chi connectivity index (χ0n) is 10.6. The van der Waals surface area contributed by atoms with Crippen LogP contribution in [0.25, 0.3) is 0 Å². The second-order valence-corrected chi connectivity index (χ2v) is 6.88. The minimum atomic E-state index is -3.17. The van der Waals surface area contributed by atoms with E-state index in [1.807, 2.05) is 19.9 Å². The summed E-state index contributed by atoms with van der Waals surface area (Å²) in [4.78, 5) is 8.45. The van der Waals surface area contributed by atoms with E-state index in [0.717, 1.165) is 11.4 Å². The molecule has 0 aliphatic rings. The highest BCUT2D eigenvalue weighted by atomic mass is 32.2. The van der Waals surface area contributed by atoms with E-state index in [0.29, 0.717) is 12.2 Å². The molecule has 1 heterocycles. The van der Waals surface area contributed by atoms with Gasteiger partial charge in [-0.25, -0.2) is 18.4 Å². The Balaban J connectivity index is 3.13. The van der Waals surface area contributed by atoms with Crippen LogP contribution < -0.4 is 5.73 Å². The van der Waals surface area contributed by atoms with Crippen LogP contribution in [0.1, 0.15) is 36.3 Å². The van der Waals surface area contributed by atoms with E-state index < -0.39 is 15.1 Å². The van der Waals surface area contributed by atoms with Crippen LogP contribution in [-0.2, 0) is 16.3 Å². The third kappa shape index (κ3) is 4.05. The van der Waals surface area contributed by atoms with Crippen LogP contribution in [0.15, 0.2) is 6.07 Å². The standard InChI is InChI=1S/C11H19N3O2S/c1-7(12)5-10-6-8(2)13-11(14-10)9(3)17(4,15)16/h6-7,9H,5,12H2,1-4H3. The van der Waals surface area contributed by atoms with Crippen LogP contribution in [-0.4, -0.2) is 30.7 Å². The highest BCUT2D eigenvalue weighted by Gasteiger charge is 2.21. The summed E-state index contributed by atoms with van der Waals surface area (Å²) in [5, 5.41) is -0.686. The predicted molar refractivity (Wildman–Crippen MR) is 67.4 cm³/mol. The summed E-state index contributed by atoms with van der Waals surface area (Å²) < 4.78 is 22.9. The number of sulfone groups is 1. The van der Waals surface area contributed by atoms with Crippen LogP contribution in [0.2, 0.25) is 0 Å². The Kier molecular flexibility index (Phi) is 4.21. The molecule has 1 aromatic heterocycles. The zero-order valence-corrected chi connectivity index (χ0v) is 11.5. The van der Waals surface area contributed by atoms with Gasteiger partial charge in [0.15, 0.2) is 9.84 Å². The molecule has 17 heavy (non-hydrogen) atoms. The Morgan fingerprint density at radius 1 is 1.35 bits per heavy atom. The molecule has 2 unspecified atom stereocenters. The van der Waals surface area contributed by atoms with Crippen LogP contribution in [0, 0.1) is 6.92 Å². The lowest BCUT2D eigenvalue weighted by Crippen LogP contribution is -2.20. The predicted octanol–water partition coefficient (Wildman–Crippen LogP) is 0.780. The first-order chi connectivity index (χ1) is 7.70. The molecule has 0 aromatic carbocycles. The van der Waals surface area contributed by atoms with Crippen molar-refractivity contribution in [2.45, 2.75) is 38.5 Å². The van der Waals surface area contributed by atoms with Gasteiger partial charge in [-0.2, -0.15) is 0 Å². The molecule has 0 spiro atoms. The highest BCUT2D eigenvalue weighted by Crippen LogP contribution is 2.18. The Bertz CT molecular complexity index is 497. The van der Waals surface area contributed by atoms with Gasteiger partial charge in [-0.3, -0.25) is 0 Å². The fourth-order valence-corrected chi connectivity index (χ4v) is 1.95. The molecular formula is C11H19N3O2S. The van der Waals surface area contributed by atoms with Gasteiger partial charge in [0.05, 0.1) is 0 Å². The summed E-state index contributed by atoms with van der Waals surface area (Å²) in [6.07, 6.45) is 1.81. The van der Waals surface area contributed by atoms with Crippen LogP contribution >= 0.6 is 0 Å². The maximum absolute atomic E-state index is 11.5. The molecule has 0 saturated heterocycles. The molecule has 0 aliphatic carbocycles. The van der Waals surface area contributed by atoms with Crippen LogP contribution in [0.3, 0.4) is 0 Å². The molecule has 0 radical (unpaired) electrons. The summed E-state index contributed by atoms with van der Waals surface area (Å²) in [6.45, 7) is 5.31. The van der Waals surface area contributed by atoms with Gasteiger partial charge in [-0.15, -0.1) is 0 Å². The fourth-order valence-electron chi connectivity index (χ4n) is 1.47. The summed E-state index contributed by atoms with van der Waals surface area (Å²) >= 11 is 0. The van der Waals surface area contributed by atoms with Crippen molar-refractivity contribution in [3.63, 3.8) is 0 Å². The average Bonchev–Trinajstić information content (AvgIpc) is 2.12. The van der Waals surface area contributed by atoms with Crippen molar-refractivity contribution in [2.75, 3.05) is 6.26 Å². The first-order valence-corrected chi connectivity index (χ1v) is 7.44. The molecule has 0 fully saturated rings. The minimum Gasteiger partial charge on any atom is -0.328 e. The highest BCUT2D eigenvalue weighted by molar-refractivity contribution is 7.90. The molecule has 2 N–H and O–H groups in total. The van der Waals surface area contributed by atoms with Crippen molar-refractivity contribution in [3.05, 3.63) is 23.3 Å². The van der Waals surface area contributed by atoms with Crippen LogP contribution in [0.4, 0.5) is 0 Å². The third-order valence-electron chi connectivity index (χ3n) is 2.46. The van der Waals surface area contributed by atoms with E-state index in [4.69, 9.17) is 5.73 Å². The molecule has 5 nitrogen and oxygen atoms in total. The van der Waals surface area contributed by atoms with E-state index in [1.165, 1.54) is 6.26 Å². The lowest BCUT2D eigenvalue weighted by atomic mass is 10.1. The topological polar surface area (TPSA) is 85.9 Å². The molecule has 2 atom stereocenters. The normalized spacial score (nSPS) is 15.6. The van der Waals surface area contributed by atoms with E-state index >= 15 is 0 Å². The quantitative estimate of drug-likeness (QED) is 0.861. The lowest BCUT2D eigenvalue weighted by Gasteiger charge is -2.11. The molecule has 1 aromatic rings. The molecule has 0 amide bonds. The molecule has 1 rings (SSSR count). The van der Waals surface area contributed by atoms with Crippen LogP contribution in [0.5, 0.6) is 0 Å². The van der Waals surface area contributed by atoms with Crippen molar-refractivity contribution < 1.29 is 8.42 Å².